The van der Waals surface area contributed by atoms with Crippen LogP contribution in [0.2, 0.25) is 0 Å². The maximum atomic E-state index is 10.6. The fraction of sp³-hybridized carbons (Fsp3) is 0.250. The lowest BCUT2D eigenvalue weighted by molar-refractivity contribution is -0.137. The Morgan fingerprint density at radius 3 is 2.61 bits per heavy atom. The second kappa shape index (κ2) is 4.58. The van der Waals surface area contributed by atoms with Crippen molar-refractivity contribution in [3.8, 4) is 5.75 Å². The van der Waals surface area contributed by atoms with E-state index >= 15 is 0 Å². The average molecular weight is 248 g/mol. The summed E-state index contributed by atoms with van der Waals surface area (Å²) in [6.07, 6.45) is 2.03. The van der Waals surface area contributed by atoms with Crippen LogP contribution in [0.3, 0.4) is 0 Å². The number of hydrogen-bond donors (Lipinski definition) is 2. The molecule has 1 atom stereocenters. The van der Waals surface area contributed by atoms with Gasteiger partial charge in [0, 0.05) is 23.8 Å². The summed E-state index contributed by atoms with van der Waals surface area (Å²) >= 11 is 0. The van der Waals surface area contributed by atoms with E-state index in [-0.39, 0.29) is 16.8 Å². The van der Waals surface area contributed by atoms with E-state index in [0.29, 0.717) is 6.42 Å². The maximum absolute atomic E-state index is 10.6. The van der Waals surface area contributed by atoms with Gasteiger partial charge in [-0.2, -0.15) is 0 Å². The Morgan fingerprint density at radius 1 is 1.33 bits per heavy atom. The lowest BCUT2D eigenvalue weighted by Gasteiger charge is -2.23. The number of rotatable bonds is 4. The monoisotopic (exact) mass is 248 g/mol. The SMILES string of the molecule is C[N+]1(c2ccc(O)cc2)N=NC=C1CCC(=O)O. The molecule has 6 nitrogen and oxygen atoms in total. The van der Waals surface area contributed by atoms with Gasteiger partial charge in [0.1, 0.15) is 19.0 Å². The van der Waals surface area contributed by atoms with Crippen molar-refractivity contribution in [2.75, 3.05) is 7.05 Å². The van der Waals surface area contributed by atoms with E-state index in [1.165, 1.54) is 0 Å². The van der Waals surface area contributed by atoms with Crippen molar-refractivity contribution in [3.63, 3.8) is 0 Å². The van der Waals surface area contributed by atoms with Gasteiger partial charge in [-0.15, -0.1) is 9.71 Å². The average Bonchev–Trinajstić information content (AvgIpc) is 2.70. The molecule has 1 aromatic rings. The number of benzene rings is 1. The van der Waals surface area contributed by atoms with E-state index < -0.39 is 5.97 Å². The zero-order chi connectivity index (χ0) is 13.2. The van der Waals surface area contributed by atoms with E-state index in [1.807, 2.05) is 7.05 Å². The third kappa shape index (κ3) is 2.23. The molecule has 18 heavy (non-hydrogen) atoms. The predicted molar refractivity (Wildman–Crippen MR) is 65.6 cm³/mol. The lowest BCUT2D eigenvalue weighted by Crippen LogP contribution is -2.36. The van der Waals surface area contributed by atoms with E-state index in [1.54, 1.807) is 30.5 Å². The number of aliphatic carboxylic acids is 1. The summed E-state index contributed by atoms with van der Waals surface area (Å²) in [5.74, 6) is -0.669. The summed E-state index contributed by atoms with van der Waals surface area (Å²) in [6, 6.07) is 6.63. The number of aromatic hydroxyl groups is 1. The molecule has 0 aromatic heterocycles. The zero-order valence-electron chi connectivity index (χ0n) is 9.95. The number of phenolic OH excluding ortho intramolecular Hbond substituents is 1. The molecule has 0 fully saturated rings. The molecule has 0 bridgehead atoms. The first-order chi connectivity index (χ1) is 8.52. The van der Waals surface area contributed by atoms with Crippen molar-refractivity contribution in [2.45, 2.75) is 12.8 Å². The third-order valence-corrected chi connectivity index (χ3v) is 2.94. The van der Waals surface area contributed by atoms with E-state index in [0.717, 1.165) is 11.4 Å². The number of phenols is 1. The molecule has 0 saturated heterocycles. The molecule has 94 valence electrons. The minimum atomic E-state index is -0.847. The van der Waals surface area contributed by atoms with Crippen LogP contribution in [-0.2, 0) is 4.79 Å². The van der Waals surface area contributed by atoms with Crippen molar-refractivity contribution in [2.24, 2.45) is 10.3 Å². The Hall–Kier alpha value is -2.21. The third-order valence-electron chi connectivity index (χ3n) is 2.94. The topological polar surface area (TPSA) is 82.2 Å². The Labute approximate surface area is 104 Å². The molecule has 0 radical (unpaired) electrons. The number of quaternary nitrogens is 1. The van der Waals surface area contributed by atoms with Crippen molar-refractivity contribution in [1.82, 2.24) is 4.59 Å². The van der Waals surface area contributed by atoms with Gasteiger partial charge < -0.3 is 10.2 Å². The molecule has 1 aliphatic rings. The van der Waals surface area contributed by atoms with Crippen LogP contribution in [0, 0.1) is 0 Å². The molecule has 1 heterocycles. The van der Waals surface area contributed by atoms with Crippen LogP contribution < -0.4 is 4.59 Å². The number of carboxylic acid groups (broad SMARTS) is 1. The van der Waals surface area contributed by atoms with Gasteiger partial charge in [-0.05, 0) is 12.1 Å². The van der Waals surface area contributed by atoms with Crippen molar-refractivity contribution in [1.29, 1.82) is 0 Å². The molecule has 1 unspecified atom stereocenters. The fourth-order valence-corrected chi connectivity index (χ4v) is 1.84. The normalized spacial score (nSPS) is 21.9. The molecular formula is C12H14N3O3+. The largest absolute Gasteiger partial charge is 0.508 e. The minimum Gasteiger partial charge on any atom is -0.508 e. The standard InChI is InChI=1S/C12H13N3O3/c1-15(9-2-5-11(16)6-3-9)10(8-13-14-15)4-7-12(17)18/h2-3,5-6,8H,4,7H2,1H3,(H-,16,17,18)/p+1. The molecule has 0 saturated carbocycles. The fourth-order valence-electron chi connectivity index (χ4n) is 1.84. The highest BCUT2D eigenvalue weighted by atomic mass is 16.4. The molecule has 2 N–H and O–H groups in total. The Balaban J connectivity index is 2.24. The molecule has 0 aliphatic carbocycles. The number of allylic oxidation sites excluding steroid dienone is 1. The Morgan fingerprint density at radius 2 is 2.00 bits per heavy atom. The molecule has 1 aliphatic heterocycles. The highest BCUT2D eigenvalue weighted by molar-refractivity contribution is 5.67. The van der Waals surface area contributed by atoms with Crippen molar-refractivity contribution in [3.05, 3.63) is 36.2 Å². The van der Waals surface area contributed by atoms with Crippen LogP contribution in [-0.4, -0.2) is 23.2 Å². The summed E-state index contributed by atoms with van der Waals surface area (Å²) in [5.41, 5.74) is 1.63. The summed E-state index contributed by atoms with van der Waals surface area (Å²) in [7, 11) is 1.83. The first kappa shape index (κ1) is 12.3. The second-order valence-electron chi connectivity index (χ2n) is 4.19. The van der Waals surface area contributed by atoms with Crippen molar-refractivity contribution < 1.29 is 15.0 Å². The number of hydrogen-bond acceptors (Lipinski definition) is 4. The summed E-state index contributed by atoms with van der Waals surface area (Å²) < 4.78 is 0.105. The second-order valence-corrected chi connectivity index (χ2v) is 4.19. The van der Waals surface area contributed by atoms with Crippen LogP contribution in [0.5, 0.6) is 5.75 Å². The lowest BCUT2D eigenvalue weighted by atomic mass is 10.2. The maximum Gasteiger partial charge on any atom is 0.303 e. The first-order valence-corrected chi connectivity index (χ1v) is 5.52. The summed E-state index contributed by atoms with van der Waals surface area (Å²) in [5, 5.41) is 26.0. The molecular weight excluding hydrogens is 234 g/mol. The predicted octanol–water partition coefficient (Wildman–Crippen LogP) is 2.42. The Bertz CT molecular complexity index is 522. The van der Waals surface area contributed by atoms with Crippen LogP contribution in [0.4, 0.5) is 5.69 Å². The van der Waals surface area contributed by atoms with Gasteiger partial charge >= 0.3 is 5.97 Å². The van der Waals surface area contributed by atoms with Crippen LogP contribution >= 0.6 is 0 Å². The van der Waals surface area contributed by atoms with Gasteiger partial charge in [0.15, 0.2) is 11.4 Å². The van der Waals surface area contributed by atoms with Gasteiger partial charge in [0.25, 0.3) is 0 Å². The minimum absolute atomic E-state index is 0.0444. The van der Waals surface area contributed by atoms with Crippen LogP contribution in [0.1, 0.15) is 12.8 Å². The highest BCUT2D eigenvalue weighted by Gasteiger charge is 2.35. The number of carboxylic acids is 1. The molecule has 6 heteroatoms. The molecule has 2 rings (SSSR count). The van der Waals surface area contributed by atoms with Gasteiger partial charge in [-0.3, -0.25) is 4.79 Å². The van der Waals surface area contributed by atoms with Gasteiger partial charge in [0.2, 0.25) is 0 Å². The first-order valence-electron chi connectivity index (χ1n) is 5.52. The van der Waals surface area contributed by atoms with E-state index in [2.05, 4.69) is 10.3 Å². The zero-order valence-corrected chi connectivity index (χ0v) is 9.95. The summed E-state index contributed by atoms with van der Waals surface area (Å²) in [6.45, 7) is 0. The van der Waals surface area contributed by atoms with Gasteiger partial charge in [0.05, 0.1) is 6.42 Å². The quantitative estimate of drug-likeness (QED) is 0.803. The van der Waals surface area contributed by atoms with Crippen LogP contribution in [0.15, 0.2) is 46.5 Å². The van der Waals surface area contributed by atoms with Crippen LogP contribution in [0.25, 0.3) is 0 Å². The van der Waals surface area contributed by atoms with Gasteiger partial charge in [-0.25, -0.2) is 0 Å². The smallest absolute Gasteiger partial charge is 0.303 e. The highest BCUT2D eigenvalue weighted by Crippen LogP contribution is 2.34. The molecule has 1 aromatic carbocycles. The molecule has 0 spiro atoms. The number of nitrogens with zero attached hydrogens (tertiary/aromatic N) is 3. The van der Waals surface area contributed by atoms with Gasteiger partial charge in [-0.1, -0.05) is 0 Å². The summed E-state index contributed by atoms with van der Waals surface area (Å²) in [4.78, 5) is 10.6. The number of carbonyl (C=O) groups is 1. The van der Waals surface area contributed by atoms with Crippen molar-refractivity contribution >= 4 is 11.7 Å². The van der Waals surface area contributed by atoms with E-state index in [9.17, 15) is 9.90 Å². The Kier molecular flexibility index (Phi) is 3.12. The molecule has 0 amide bonds. The van der Waals surface area contributed by atoms with E-state index in [4.69, 9.17) is 5.11 Å².